The summed E-state index contributed by atoms with van der Waals surface area (Å²) in [7, 11) is 0. The summed E-state index contributed by atoms with van der Waals surface area (Å²) in [4.78, 5) is 38.7. The van der Waals surface area contributed by atoms with Crippen molar-refractivity contribution in [3.05, 3.63) is 51.0 Å². The number of amides is 1. The molecule has 0 saturated carbocycles. The van der Waals surface area contributed by atoms with E-state index in [2.05, 4.69) is 20.8 Å². The fourth-order valence-electron chi connectivity index (χ4n) is 6.56. The maximum atomic E-state index is 13.8. The van der Waals surface area contributed by atoms with Gasteiger partial charge in [0, 0.05) is 17.9 Å². The summed E-state index contributed by atoms with van der Waals surface area (Å²) in [6, 6.07) is 1.96. The number of carbonyl (C=O) groups is 3. The summed E-state index contributed by atoms with van der Waals surface area (Å²) in [5.74, 6) is -5.18. The molecule has 4 atom stereocenters. The van der Waals surface area contributed by atoms with E-state index in [0.29, 0.717) is 36.3 Å². The van der Waals surface area contributed by atoms with Crippen molar-refractivity contribution >= 4 is 17.5 Å². The molecule has 0 fully saturated rings. The lowest BCUT2D eigenvalue weighted by Crippen LogP contribution is -2.57. The van der Waals surface area contributed by atoms with Gasteiger partial charge in [0.15, 0.2) is 11.4 Å². The average molecular weight is 498 g/mol. The number of fused-ring (bicyclic) bond motifs is 3. The Hall–Kier alpha value is -3.13. The molecule has 0 bridgehead atoms. The van der Waals surface area contributed by atoms with E-state index in [1.165, 1.54) is 0 Å². The number of carbonyl (C=O) groups excluding carboxylic acids is 3. The van der Waals surface area contributed by atoms with E-state index in [-0.39, 0.29) is 35.6 Å². The number of nitrogens with two attached hydrogens (primary N) is 1. The topological polar surface area (TPSA) is 158 Å². The van der Waals surface area contributed by atoms with Gasteiger partial charge in [-0.1, -0.05) is 33.8 Å². The van der Waals surface area contributed by atoms with Gasteiger partial charge in [0.1, 0.15) is 22.8 Å². The number of aliphatic hydroxyl groups is 3. The molecule has 4 rings (SSSR count). The van der Waals surface area contributed by atoms with Crippen molar-refractivity contribution in [3.63, 3.8) is 0 Å². The standard InChI is InChI=1S/C28H35NO7/c1-5-14-8-16(7-13(4)6-12(2)3)23(31)21-18(14)10-15-9-17-11-19(30)22(27(29)35)26(34)28(17,36)25(33)20(15)24(21)32/h8,12-13,15,17,30-31,33,36H,5-7,9-11H2,1-4H3,(H2,29,35)/t13?,15-,17+,28+/m1/s1. The lowest BCUT2D eigenvalue weighted by molar-refractivity contribution is -0.144. The Morgan fingerprint density at radius 2 is 1.81 bits per heavy atom. The van der Waals surface area contributed by atoms with E-state index in [4.69, 9.17) is 5.73 Å². The van der Waals surface area contributed by atoms with Gasteiger partial charge in [0.2, 0.25) is 5.78 Å². The van der Waals surface area contributed by atoms with Crippen LogP contribution in [0.25, 0.3) is 0 Å². The number of hydrogen-bond acceptors (Lipinski definition) is 7. The summed E-state index contributed by atoms with van der Waals surface area (Å²) in [6.07, 6.45) is 2.44. The minimum atomic E-state index is -2.54. The van der Waals surface area contributed by atoms with Crippen LogP contribution in [-0.4, -0.2) is 43.5 Å². The van der Waals surface area contributed by atoms with Gasteiger partial charge >= 0.3 is 0 Å². The van der Waals surface area contributed by atoms with Gasteiger partial charge in [-0.3, -0.25) is 14.4 Å². The smallest absolute Gasteiger partial charge is 0.255 e. The monoisotopic (exact) mass is 497 g/mol. The molecular formula is C28H35NO7. The first-order valence-corrected chi connectivity index (χ1v) is 12.7. The first-order valence-electron chi connectivity index (χ1n) is 12.7. The van der Waals surface area contributed by atoms with Crippen molar-refractivity contribution in [1.82, 2.24) is 0 Å². The zero-order chi connectivity index (χ0) is 26.7. The predicted molar refractivity (Wildman–Crippen MR) is 133 cm³/mol. The van der Waals surface area contributed by atoms with Gasteiger partial charge in [-0.2, -0.15) is 0 Å². The van der Waals surface area contributed by atoms with Crippen LogP contribution in [0.15, 0.2) is 28.7 Å². The van der Waals surface area contributed by atoms with Crippen molar-refractivity contribution in [2.45, 2.75) is 71.8 Å². The van der Waals surface area contributed by atoms with Crippen LogP contribution in [0.5, 0.6) is 5.75 Å². The minimum absolute atomic E-state index is 0.109. The van der Waals surface area contributed by atoms with E-state index in [1.54, 1.807) is 0 Å². The Labute approximate surface area is 210 Å². The summed E-state index contributed by atoms with van der Waals surface area (Å²) < 4.78 is 0. The highest BCUT2D eigenvalue weighted by Crippen LogP contribution is 2.52. The van der Waals surface area contributed by atoms with Crippen molar-refractivity contribution in [2.24, 2.45) is 29.4 Å². The summed E-state index contributed by atoms with van der Waals surface area (Å²) in [5.41, 5.74) is 4.26. The zero-order valence-corrected chi connectivity index (χ0v) is 21.2. The summed E-state index contributed by atoms with van der Waals surface area (Å²) >= 11 is 0. The van der Waals surface area contributed by atoms with Crippen molar-refractivity contribution in [3.8, 4) is 5.75 Å². The molecule has 8 nitrogen and oxygen atoms in total. The lowest BCUT2D eigenvalue weighted by atomic mass is 9.60. The Morgan fingerprint density at radius 3 is 2.39 bits per heavy atom. The van der Waals surface area contributed by atoms with Crippen molar-refractivity contribution in [1.29, 1.82) is 0 Å². The number of aryl methyl sites for hydroxylation is 1. The number of phenolic OH excluding ortho intramolecular Hbond substituents is 1. The van der Waals surface area contributed by atoms with E-state index >= 15 is 0 Å². The highest BCUT2D eigenvalue weighted by Gasteiger charge is 2.59. The van der Waals surface area contributed by atoms with Crippen LogP contribution in [0.4, 0.5) is 0 Å². The normalized spacial score (nSPS) is 26.6. The largest absolute Gasteiger partial charge is 0.511 e. The molecule has 3 aliphatic rings. The number of aromatic hydroxyl groups is 1. The van der Waals surface area contributed by atoms with Crippen molar-refractivity contribution < 1.29 is 34.8 Å². The molecule has 1 amide bonds. The third-order valence-corrected chi connectivity index (χ3v) is 8.06. The third-order valence-electron chi connectivity index (χ3n) is 8.06. The molecule has 8 heteroatoms. The molecule has 0 heterocycles. The number of benzene rings is 1. The highest BCUT2D eigenvalue weighted by molar-refractivity contribution is 6.24. The molecule has 0 aromatic heterocycles. The number of primary amides is 1. The maximum Gasteiger partial charge on any atom is 0.255 e. The van der Waals surface area contributed by atoms with Crippen LogP contribution in [-0.2, 0) is 28.9 Å². The number of aliphatic hydroxyl groups excluding tert-OH is 2. The number of allylic oxidation sites excluding steroid dienone is 2. The Balaban J connectivity index is 1.84. The minimum Gasteiger partial charge on any atom is -0.511 e. The molecule has 0 aliphatic heterocycles. The molecule has 1 aromatic rings. The lowest BCUT2D eigenvalue weighted by Gasteiger charge is -2.45. The second kappa shape index (κ2) is 9.07. The van der Waals surface area contributed by atoms with Crippen LogP contribution in [0, 0.1) is 23.7 Å². The van der Waals surface area contributed by atoms with E-state index < -0.39 is 52.0 Å². The molecule has 0 saturated heterocycles. The molecule has 6 N–H and O–H groups in total. The fourth-order valence-corrected chi connectivity index (χ4v) is 6.56. The number of rotatable bonds is 6. The first-order chi connectivity index (χ1) is 16.8. The van der Waals surface area contributed by atoms with Gasteiger partial charge < -0.3 is 26.2 Å². The van der Waals surface area contributed by atoms with Gasteiger partial charge in [-0.05, 0) is 66.5 Å². The molecule has 194 valence electrons. The first kappa shape index (κ1) is 25.9. The Kier molecular flexibility index (Phi) is 6.54. The summed E-state index contributed by atoms with van der Waals surface area (Å²) in [5, 5.41) is 44.1. The van der Waals surface area contributed by atoms with Gasteiger partial charge in [0.05, 0.1) is 5.56 Å². The predicted octanol–water partition coefficient (Wildman–Crippen LogP) is 3.37. The SMILES string of the molecule is CCc1cc(CC(C)CC(C)C)c(O)c2c1C[C@H]1C[C@H]3CC(O)=C(C(N)=O)C(=O)[C@@]3(O)C(O)=C1C2=O. The number of phenols is 1. The van der Waals surface area contributed by atoms with Crippen molar-refractivity contribution in [2.75, 3.05) is 0 Å². The number of Topliss-reactive ketones (excluding diaryl/α,β-unsaturated/α-hetero) is 2. The zero-order valence-electron chi connectivity index (χ0n) is 21.2. The van der Waals surface area contributed by atoms with Gasteiger partial charge in [-0.25, -0.2) is 0 Å². The van der Waals surface area contributed by atoms with E-state index in [0.717, 1.165) is 12.0 Å². The van der Waals surface area contributed by atoms with Crippen LogP contribution in [0.3, 0.4) is 0 Å². The Morgan fingerprint density at radius 1 is 1.14 bits per heavy atom. The molecule has 0 radical (unpaired) electrons. The molecule has 1 unspecified atom stereocenters. The number of hydrogen-bond donors (Lipinski definition) is 5. The summed E-state index contributed by atoms with van der Waals surface area (Å²) in [6.45, 7) is 8.34. The number of ketones is 2. The van der Waals surface area contributed by atoms with E-state index in [1.807, 2.05) is 13.0 Å². The molecule has 36 heavy (non-hydrogen) atoms. The van der Waals surface area contributed by atoms with Crippen LogP contribution < -0.4 is 5.73 Å². The quantitative estimate of drug-likeness (QED) is 0.377. The molecule has 0 spiro atoms. The fraction of sp³-hybridized carbons (Fsp3) is 0.536. The molecular weight excluding hydrogens is 462 g/mol. The average Bonchev–Trinajstić information content (AvgIpc) is 2.77. The molecule has 1 aromatic carbocycles. The molecule has 3 aliphatic carbocycles. The van der Waals surface area contributed by atoms with Crippen LogP contribution in [0.2, 0.25) is 0 Å². The Bertz CT molecular complexity index is 1220. The van der Waals surface area contributed by atoms with Gasteiger partial charge in [-0.15, -0.1) is 0 Å². The van der Waals surface area contributed by atoms with Crippen LogP contribution in [0.1, 0.15) is 74.0 Å². The maximum absolute atomic E-state index is 13.8. The third kappa shape index (κ3) is 3.82. The van der Waals surface area contributed by atoms with Gasteiger partial charge in [0.25, 0.3) is 5.91 Å². The van der Waals surface area contributed by atoms with Crippen LogP contribution >= 0.6 is 0 Å². The van der Waals surface area contributed by atoms with E-state index in [9.17, 15) is 34.8 Å². The highest BCUT2D eigenvalue weighted by atomic mass is 16.3. The second-order valence-electron chi connectivity index (χ2n) is 11.1. The second-order valence-corrected chi connectivity index (χ2v) is 11.1.